The van der Waals surface area contributed by atoms with Crippen molar-refractivity contribution in [3.05, 3.63) is 16.3 Å². The largest absolute Gasteiger partial charge is 0.335 e. The first-order chi connectivity index (χ1) is 9.16. The van der Waals surface area contributed by atoms with E-state index in [1.807, 2.05) is 0 Å². The fraction of sp³-hybridized carbons (Fsp3) is 0.538. The molecular weight excluding hydrogens is 258 g/mol. The number of hydrogen-bond acceptors (Lipinski definition) is 5. The van der Waals surface area contributed by atoms with Gasteiger partial charge < -0.3 is 10.6 Å². The number of H-pyrrole nitrogens is 1. The van der Waals surface area contributed by atoms with Gasteiger partial charge in [-0.1, -0.05) is 0 Å². The Morgan fingerprint density at radius 3 is 3.05 bits per heavy atom. The zero-order valence-corrected chi connectivity index (χ0v) is 12.1. The lowest BCUT2D eigenvalue weighted by atomic mass is 9.99. The van der Waals surface area contributed by atoms with Crippen molar-refractivity contribution in [2.45, 2.75) is 38.8 Å². The van der Waals surface area contributed by atoms with Crippen molar-refractivity contribution in [1.82, 2.24) is 15.2 Å². The van der Waals surface area contributed by atoms with Gasteiger partial charge in [0.05, 0.1) is 0 Å². The van der Waals surface area contributed by atoms with Crippen molar-refractivity contribution in [1.29, 1.82) is 0 Å². The molecule has 0 aliphatic carbocycles. The molecule has 102 valence electrons. The summed E-state index contributed by atoms with van der Waals surface area (Å²) in [5, 5.41) is 11.6. The molecule has 0 bridgehead atoms. The van der Waals surface area contributed by atoms with Crippen LogP contribution >= 0.6 is 11.3 Å². The van der Waals surface area contributed by atoms with E-state index >= 15 is 0 Å². The number of piperidine rings is 1. The summed E-state index contributed by atoms with van der Waals surface area (Å²) in [6, 6.07) is 0.500. The summed E-state index contributed by atoms with van der Waals surface area (Å²) in [5.74, 6) is 1.61. The topological polar surface area (TPSA) is 70.8 Å². The number of nitrogens with one attached hydrogen (secondary N) is 1. The highest BCUT2D eigenvalue weighted by Gasteiger charge is 2.27. The third-order valence-electron chi connectivity index (χ3n) is 3.89. The van der Waals surface area contributed by atoms with Gasteiger partial charge in [-0.3, -0.25) is 5.10 Å². The molecule has 2 atom stereocenters. The second kappa shape index (κ2) is 4.94. The lowest BCUT2D eigenvalue weighted by Gasteiger charge is -2.36. The van der Waals surface area contributed by atoms with Gasteiger partial charge in [-0.15, -0.1) is 5.10 Å². The van der Waals surface area contributed by atoms with Crippen LogP contribution in [-0.2, 0) is 0 Å². The minimum Gasteiger partial charge on any atom is -0.335 e. The molecule has 0 amide bonds. The standard InChI is InChI=1S/C13H19N5S/c1-8-6-19-7-10(8)12-15-13(17-16-12)18-5-3-4-11(14)9(18)2/h6-7,9,11H,3-5,14H2,1-2H3,(H,15,16,17). The Hall–Kier alpha value is -1.40. The summed E-state index contributed by atoms with van der Waals surface area (Å²) < 4.78 is 0. The molecule has 1 aliphatic heterocycles. The van der Waals surface area contributed by atoms with Gasteiger partial charge in [0.15, 0.2) is 5.82 Å². The molecule has 5 nitrogen and oxygen atoms in total. The normalized spacial score (nSPS) is 23.8. The molecule has 0 saturated carbocycles. The van der Waals surface area contributed by atoms with Crippen LogP contribution in [0, 0.1) is 6.92 Å². The van der Waals surface area contributed by atoms with Crippen LogP contribution < -0.4 is 10.6 Å². The van der Waals surface area contributed by atoms with E-state index in [4.69, 9.17) is 5.73 Å². The molecule has 0 spiro atoms. The van der Waals surface area contributed by atoms with Crippen LogP contribution in [0.25, 0.3) is 11.4 Å². The quantitative estimate of drug-likeness (QED) is 0.882. The Morgan fingerprint density at radius 1 is 1.47 bits per heavy atom. The Balaban J connectivity index is 1.87. The van der Waals surface area contributed by atoms with Crippen LogP contribution in [0.2, 0.25) is 0 Å². The summed E-state index contributed by atoms with van der Waals surface area (Å²) >= 11 is 1.69. The van der Waals surface area contributed by atoms with Crippen LogP contribution in [-0.4, -0.2) is 33.8 Å². The molecule has 6 heteroatoms. The predicted octanol–water partition coefficient (Wildman–Crippen LogP) is 2.16. The highest BCUT2D eigenvalue weighted by molar-refractivity contribution is 7.08. The van der Waals surface area contributed by atoms with Gasteiger partial charge in [0.2, 0.25) is 5.95 Å². The average Bonchev–Trinajstić information content (AvgIpc) is 3.01. The van der Waals surface area contributed by atoms with E-state index in [1.54, 1.807) is 11.3 Å². The van der Waals surface area contributed by atoms with Crippen LogP contribution in [0.5, 0.6) is 0 Å². The van der Waals surface area contributed by atoms with Crippen molar-refractivity contribution in [2.75, 3.05) is 11.4 Å². The second-order valence-corrected chi connectivity index (χ2v) is 5.94. The number of nitrogens with two attached hydrogens (primary N) is 1. The van der Waals surface area contributed by atoms with Gasteiger partial charge in [-0.05, 0) is 37.6 Å². The first-order valence-electron chi connectivity index (χ1n) is 6.64. The van der Waals surface area contributed by atoms with E-state index in [-0.39, 0.29) is 6.04 Å². The molecule has 19 heavy (non-hydrogen) atoms. The molecule has 1 aliphatic rings. The van der Waals surface area contributed by atoms with Gasteiger partial charge in [0.25, 0.3) is 0 Å². The third-order valence-corrected chi connectivity index (χ3v) is 4.75. The molecular formula is C13H19N5S. The van der Waals surface area contributed by atoms with Crippen molar-refractivity contribution in [3.63, 3.8) is 0 Å². The zero-order valence-electron chi connectivity index (χ0n) is 11.3. The lowest BCUT2D eigenvalue weighted by Crippen LogP contribution is -2.50. The molecule has 1 saturated heterocycles. The second-order valence-electron chi connectivity index (χ2n) is 5.19. The van der Waals surface area contributed by atoms with E-state index in [0.29, 0.717) is 6.04 Å². The van der Waals surface area contributed by atoms with Crippen LogP contribution in [0.4, 0.5) is 5.95 Å². The summed E-state index contributed by atoms with van der Waals surface area (Å²) in [7, 11) is 0. The molecule has 2 unspecified atom stereocenters. The Bertz CT molecular complexity index is 561. The van der Waals surface area contributed by atoms with Crippen LogP contribution in [0.15, 0.2) is 10.8 Å². The van der Waals surface area contributed by atoms with E-state index in [2.05, 4.69) is 44.7 Å². The minimum absolute atomic E-state index is 0.207. The minimum atomic E-state index is 0.207. The van der Waals surface area contributed by atoms with E-state index in [0.717, 1.165) is 36.7 Å². The summed E-state index contributed by atoms with van der Waals surface area (Å²) in [4.78, 5) is 6.84. The number of thiophene rings is 1. The first kappa shape index (κ1) is 12.6. The first-order valence-corrected chi connectivity index (χ1v) is 7.59. The zero-order chi connectivity index (χ0) is 13.4. The highest BCUT2D eigenvalue weighted by Crippen LogP contribution is 2.27. The summed E-state index contributed by atoms with van der Waals surface area (Å²) in [6.45, 7) is 5.22. The van der Waals surface area contributed by atoms with E-state index in [1.165, 1.54) is 5.56 Å². The highest BCUT2D eigenvalue weighted by atomic mass is 32.1. The Labute approximate surface area is 116 Å². The molecule has 2 aromatic rings. The number of hydrogen-bond donors (Lipinski definition) is 2. The van der Waals surface area contributed by atoms with Gasteiger partial charge >= 0.3 is 0 Å². The molecule has 0 aromatic carbocycles. The number of rotatable bonds is 2. The van der Waals surface area contributed by atoms with Gasteiger partial charge in [0.1, 0.15) is 0 Å². The monoisotopic (exact) mass is 277 g/mol. The van der Waals surface area contributed by atoms with Crippen molar-refractivity contribution >= 4 is 17.3 Å². The lowest BCUT2D eigenvalue weighted by molar-refractivity contribution is 0.416. The van der Waals surface area contributed by atoms with Gasteiger partial charge in [-0.2, -0.15) is 16.3 Å². The SMILES string of the molecule is Cc1cscc1-c1nc(N2CCCC(N)C2C)n[nH]1. The van der Waals surface area contributed by atoms with Gasteiger partial charge in [-0.25, -0.2) is 0 Å². The molecule has 0 radical (unpaired) electrons. The van der Waals surface area contributed by atoms with Crippen LogP contribution in [0.1, 0.15) is 25.3 Å². The molecule has 3 heterocycles. The van der Waals surface area contributed by atoms with Crippen molar-refractivity contribution in [2.24, 2.45) is 5.73 Å². The average molecular weight is 277 g/mol. The van der Waals surface area contributed by atoms with E-state index < -0.39 is 0 Å². The van der Waals surface area contributed by atoms with E-state index in [9.17, 15) is 0 Å². The van der Waals surface area contributed by atoms with Gasteiger partial charge in [0, 0.05) is 29.6 Å². The summed E-state index contributed by atoms with van der Waals surface area (Å²) in [5.41, 5.74) is 8.49. The number of aromatic nitrogens is 3. The molecule has 3 rings (SSSR count). The molecule has 3 N–H and O–H groups in total. The molecule has 1 fully saturated rings. The summed E-state index contributed by atoms with van der Waals surface area (Å²) in [6.07, 6.45) is 2.19. The number of aryl methyl sites for hydroxylation is 1. The van der Waals surface area contributed by atoms with Crippen LogP contribution in [0.3, 0.4) is 0 Å². The maximum atomic E-state index is 6.13. The maximum Gasteiger partial charge on any atom is 0.245 e. The maximum absolute atomic E-state index is 6.13. The number of nitrogens with zero attached hydrogens (tertiary/aromatic N) is 3. The van der Waals surface area contributed by atoms with Crippen molar-refractivity contribution in [3.8, 4) is 11.4 Å². The fourth-order valence-corrected chi connectivity index (χ4v) is 3.39. The number of aromatic amines is 1. The smallest absolute Gasteiger partial charge is 0.245 e. The fourth-order valence-electron chi connectivity index (χ4n) is 2.56. The third kappa shape index (κ3) is 2.26. The predicted molar refractivity (Wildman–Crippen MR) is 78.5 cm³/mol. The number of anilines is 1. The Morgan fingerprint density at radius 2 is 2.32 bits per heavy atom. The Kier molecular flexibility index (Phi) is 3.28. The molecule has 2 aromatic heterocycles. The van der Waals surface area contributed by atoms with Crippen molar-refractivity contribution < 1.29 is 0 Å².